The molecule has 0 radical (unpaired) electrons. The first-order valence-electron chi connectivity index (χ1n) is 6.33. The van der Waals surface area contributed by atoms with Gasteiger partial charge < -0.3 is 10.1 Å². The van der Waals surface area contributed by atoms with E-state index in [-0.39, 0.29) is 18.2 Å². The van der Waals surface area contributed by atoms with Crippen molar-refractivity contribution in [3.8, 4) is 5.75 Å². The van der Waals surface area contributed by atoms with Crippen molar-refractivity contribution in [3.05, 3.63) is 29.1 Å². The summed E-state index contributed by atoms with van der Waals surface area (Å²) in [4.78, 5) is 0. The molecule has 1 atom stereocenters. The van der Waals surface area contributed by atoms with E-state index in [0.29, 0.717) is 6.04 Å². The Morgan fingerprint density at radius 2 is 2.17 bits per heavy atom. The molecule has 2 nitrogen and oxygen atoms in total. The summed E-state index contributed by atoms with van der Waals surface area (Å²) in [6.45, 7) is 3.18. The number of benzene rings is 1. The third-order valence-corrected chi connectivity index (χ3v) is 3.43. The summed E-state index contributed by atoms with van der Waals surface area (Å²) in [5.41, 5.74) is 1.89. The maximum Gasteiger partial charge on any atom is 0.126 e. The number of rotatable bonds is 4. The van der Waals surface area contributed by atoms with Crippen molar-refractivity contribution < 1.29 is 9.13 Å². The van der Waals surface area contributed by atoms with Crippen LogP contribution < -0.4 is 10.1 Å². The molecule has 0 saturated heterocycles. The molecular formula is C14H21ClFNO. The molecule has 0 aromatic heterocycles. The fourth-order valence-corrected chi connectivity index (χ4v) is 2.52. The quantitative estimate of drug-likeness (QED) is 0.910. The third kappa shape index (κ3) is 3.15. The zero-order chi connectivity index (χ0) is 12.3. The highest BCUT2D eigenvalue weighted by molar-refractivity contribution is 5.85. The van der Waals surface area contributed by atoms with Gasteiger partial charge in [0.2, 0.25) is 0 Å². The van der Waals surface area contributed by atoms with Gasteiger partial charge in [-0.05, 0) is 49.9 Å². The summed E-state index contributed by atoms with van der Waals surface area (Å²) in [5.74, 6) is 0.735. The molecule has 1 N–H and O–H groups in total. The normalized spacial score (nSPS) is 17.8. The predicted octanol–water partition coefficient (Wildman–Crippen LogP) is 3.11. The second kappa shape index (κ2) is 6.95. The number of halogens is 2. The number of hydrogen-bond acceptors (Lipinski definition) is 2. The van der Waals surface area contributed by atoms with E-state index in [9.17, 15) is 4.39 Å². The third-order valence-electron chi connectivity index (χ3n) is 3.43. The Morgan fingerprint density at radius 1 is 1.39 bits per heavy atom. The maximum atomic E-state index is 13.7. The molecule has 0 fully saturated rings. The molecule has 0 saturated carbocycles. The van der Waals surface area contributed by atoms with Gasteiger partial charge in [-0.3, -0.25) is 0 Å². The molecule has 1 aromatic rings. The second-order valence-corrected chi connectivity index (χ2v) is 4.60. The van der Waals surface area contributed by atoms with Gasteiger partial charge in [-0.2, -0.15) is 0 Å². The summed E-state index contributed by atoms with van der Waals surface area (Å²) < 4.78 is 19.0. The zero-order valence-electron chi connectivity index (χ0n) is 11.0. The van der Waals surface area contributed by atoms with Crippen LogP contribution in [0.3, 0.4) is 0 Å². The fourth-order valence-electron chi connectivity index (χ4n) is 2.52. The lowest BCUT2D eigenvalue weighted by Gasteiger charge is -2.27. The van der Waals surface area contributed by atoms with Crippen molar-refractivity contribution >= 4 is 12.4 Å². The first kappa shape index (κ1) is 15.3. The van der Waals surface area contributed by atoms with Crippen LogP contribution in [0, 0.1) is 5.82 Å². The van der Waals surface area contributed by atoms with Gasteiger partial charge in [-0.1, -0.05) is 6.92 Å². The van der Waals surface area contributed by atoms with Gasteiger partial charge in [0.15, 0.2) is 0 Å². The van der Waals surface area contributed by atoms with Crippen molar-refractivity contribution in [3.63, 3.8) is 0 Å². The van der Waals surface area contributed by atoms with E-state index < -0.39 is 0 Å². The standard InChI is InChI=1S/C14H20FNO.ClH/c1-3-8-16-10-4-5-11-12(9-10)14(17-2)7-6-13(11)15;/h6-7,10,16H,3-5,8-9H2,1-2H3;1H. The van der Waals surface area contributed by atoms with E-state index in [1.54, 1.807) is 13.2 Å². The fraction of sp³-hybridized carbons (Fsp3) is 0.571. The number of ether oxygens (including phenoxy) is 1. The van der Waals surface area contributed by atoms with Crippen LogP contribution in [0.4, 0.5) is 4.39 Å². The average Bonchev–Trinajstić information content (AvgIpc) is 2.37. The lowest BCUT2D eigenvalue weighted by Crippen LogP contribution is -2.35. The Labute approximate surface area is 114 Å². The van der Waals surface area contributed by atoms with Crippen molar-refractivity contribution in [2.75, 3.05) is 13.7 Å². The molecule has 0 heterocycles. The number of fused-ring (bicyclic) bond motifs is 1. The van der Waals surface area contributed by atoms with Gasteiger partial charge in [0.25, 0.3) is 0 Å². The van der Waals surface area contributed by atoms with Crippen LogP contribution in [0.25, 0.3) is 0 Å². The number of nitrogens with one attached hydrogen (secondary N) is 1. The molecular weight excluding hydrogens is 253 g/mol. The molecule has 1 aliphatic carbocycles. The molecule has 4 heteroatoms. The minimum Gasteiger partial charge on any atom is -0.496 e. The summed E-state index contributed by atoms with van der Waals surface area (Å²) in [6, 6.07) is 3.70. The molecule has 102 valence electrons. The average molecular weight is 274 g/mol. The van der Waals surface area contributed by atoms with Crippen molar-refractivity contribution in [2.45, 2.75) is 38.6 Å². The van der Waals surface area contributed by atoms with Gasteiger partial charge in [-0.15, -0.1) is 12.4 Å². The Hall–Kier alpha value is -0.800. The van der Waals surface area contributed by atoms with Crippen LogP contribution in [-0.2, 0) is 12.8 Å². The highest BCUT2D eigenvalue weighted by Gasteiger charge is 2.23. The van der Waals surface area contributed by atoms with E-state index in [2.05, 4.69) is 12.2 Å². The molecule has 1 aliphatic rings. The highest BCUT2D eigenvalue weighted by atomic mass is 35.5. The van der Waals surface area contributed by atoms with E-state index >= 15 is 0 Å². The first-order valence-corrected chi connectivity index (χ1v) is 6.33. The van der Waals surface area contributed by atoms with Crippen LogP contribution in [0.5, 0.6) is 5.75 Å². The molecule has 2 rings (SSSR count). The number of hydrogen-bond donors (Lipinski definition) is 1. The summed E-state index contributed by atoms with van der Waals surface area (Å²) in [5, 5.41) is 3.50. The SMILES string of the molecule is CCCNC1CCc2c(F)ccc(OC)c2C1.Cl. The Bertz CT molecular complexity index is 398. The van der Waals surface area contributed by atoms with Crippen LogP contribution in [0.2, 0.25) is 0 Å². The summed E-state index contributed by atoms with van der Waals surface area (Å²) >= 11 is 0. The number of methoxy groups -OCH3 is 1. The van der Waals surface area contributed by atoms with E-state index in [0.717, 1.165) is 49.1 Å². The summed E-state index contributed by atoms with van der Waals surface area (Å²) in [7, 11) is 1.65. The zero-order valence-corrected chi connectivity index (χ0v) is 11.8. The van der Waals surface area contributed by atoms with Crippen LogP contribution in [-0.4, -0.2) is 19.7 Å². The van der Waals surface area contributed by atoms with E-state index in [4.69, 9.17) is 4.74 Å². The topological polar surface area (TPSA) is 21.3 Å². The van der Waals surface area contributed by atoms with Crippen molar-refractivity contribution in [2.24, 2.45) is 0 Å². The van der Waals surface area contributed by atoms with Gasteiger partial charge in [0, 0.05) is 11.6 Å². The minimum atomic E-state index is -0.0882. The minimum absolute atomic E-state index is 0. The molecule has 18 heavy (non-hydrogen) atoms. The van der Waals surface area contributed by atoms with Gasteiger partial charge in [0.05, 0.1) is 7.11 Å². The molecule has 1 aromatic carbocycles. The summed E-state index contributed by atoms with van der Waals surface area (Å²) in [6.07, 6.45) is 3.82. The van der Waals surface area contributed by atoms with Crippen LogP contribution in [0.1, 0.15) is 30.9 Å². The lowest BCUT2D eigenvalue weighted by atomic mass is 9.87. The Balaban J connectivity index is 0.00000162. The molecule has 0 spiro atoms. The molecule has 1 unspecified atom stereocenters. The maximum absolute atomic E-state index is 13.7. The van der Waals surface area contributed by atoms with Gasteiger partial charge in [-0.25, -0.2) is 4.39 Å². The smallest absolute Gasteiger partial charge is 0.126 e. The van der Waals surface area contributed by atoms with Crippen molar-refractivity contribution in [1.29, 1.82) is 0 Å². The second-order valence-electron chi connectivity index (χ2n) is 4.60. The van der Waals surface area contributed by atoms with Crippen molar-refractivity contribution in [1.82, 2.24) is 5.32 Å². The van der Waals surface area contributed by atoms with Crippen LogP contribution >= 0.6 is 12.4 Å². The largest absolute Gasteiger partial charge is 0.496 e. The van der Waals surface area contributed by atoms with E-state index in [1.807, 2.05) is 0 Å². The predicted molar refractivity (Wildman–Crippen MR) is 74.3 cm³/mol. The first-order chi connectivity index (χ1) is 8.26. The molecule has 0 amide bonds. The molecule has 0 aliphatic heterocycles. The van der Waals surface area contributed by atoms with Gasteiger partial charge in [0.1, 0.15) is 11.6 Å². The van der Waals surface area contributed by atoms with Gasteiger partial charge >= 0.3 is 0 Å². The lowest BCUT2D eigenvalue weighted by molar-refractivity contribution is 0.389. The Morgan fingerprint density at radius 3 is 2.83 bits per heavy atom. The van der Waals surface area contributed by atoms with Crippen LogP contribution in [0.15, 0.2) is 12.1 Å². The monoisotopic (exact) mass is 273 g/mol. The molecule has 0 bridgehead atoms. The Kier molecular flexibility index (Phi) is 5.89. The highest BCUT2D eigenvalue weighted by Crippen LogP contribution is 2.31. The van der Waals surface area contributed by atoms with E-state index in [1.165, 1.54) is 6.07 Å².